The molecule has 1 aliphatic heterocycles. The second kappa shape index (κ2) is 7.94. The van der Waals surface area contributed by atoms with Crippen molar-refractivity contribution >= 4 is 12.2 Å². The highest BCUT2D eigenvalue weighted by Crippen LogP contribution is 2.24. The van der Waals surface area contributed by atoms with Crippen LogP contribution in [0.2, 0.25) is 0 Å². The normalized spacial score (nSPS) is 22.8. The molecule has 3 rings (SSSR count). The molecule has 2 aromatic carbocycles. The number of likely N-dealkylation sites (tertiary alicyclic amines) is 1. The van der Waals surface area contributed by atoms with Crippen LogP contribution in [0.4, 0.5) is 0 Å². The molecule has 0 N–H and O–H groups in total. The van der Waals surface area contributed by atoms with E-state index in [2.05, 4.69) is 96.9 Å². The minimum atomic E-state index is 0.523. The molecule has 2 atom stereocenters. The van der Waals surface area contributed by atoms with Crippen molar-refractivity contribution in [2.45, 2.75) is 31.3 Å². The molecule has 0 amide bonds. The predicted octanol–water partition coefficient (Wildman–Crippen LogP) is 5.27. The molecule has 2 aromatic rings. The highest BCUT2D eigenvalue weighted by atomic mass is 15.2. The molecule has 0 aliphatic carbocycles. The highest BCUT2D eigenvalue weighted by Gasteiger charge is 2.23. The van der Waals surface area contributed by atoms with Crippen molar-refractivity contribution in [3.05, 3.63) is 83.9 Å². The third kappa shape index (κ3) is 4.43. The van der Waals surface area contributed by atoms with Gasteiger partial charge in [0, 0.05) is 12.1 Å². The van der Waals surface area contributed by atoms with Gasteiger partial charge >= 0.3 is 0 Å². The lowest BCUT2D eigenvalue weighted by Gasteiger charge is -2.36. The smallest absolute Gasteiger partial charge is 0.0284 e. The second-order valence-electron chi connectivity index (χ2n) is 6.27. The lowest BCUT2D eigenvalue weighted by molar-refractivity contribution is 0.175. The molecule has 1 fully saturated rings. The van der Waals surface area contributed by atoms with Gasteiger partial charge in [-0.05, 0) is 37.4 Å². The van der Waals surface area contributed by atoms with Crippen molar-refractivity contribution < 1.29 is 0 Å². The minimum absolute atomic E-state index is 0.523. The van der Waals surface area contributed by atoms with E-state index in [1.54, 1.807) is 0 Å². The van der Waals surface area contributed by atoms with Crippen LogP contribution in [-0.2, 0) is 0 Å². The lowest BCUT2D eigenvalue weighted by Crippen LogP contribution is -2.41. The van der Waals surface area contributed by atoms with E-state index in [1.165, 1.54) is 30.4 Å². The Morgan fingerprint density at radius 3 is 1.61 bits per heavy atom. The van der Waals surface area contributed by atoms with Crippen molar-refractivity contribution in [1.82, 2.24) is 4.90 Å². The number of nitrogens with zero attached hydrogens (tertiary/aromatic N) is 1. The average molecular weight is 303 g/mol. The fourth-order valence-corrected chi connectivity index (χ4v) is 3.23. The first-order valence-corrected chi connectivity index (χ1v) is 8.51. The summed E-state index contributed by atoms with van der Waals surface area (Å²) in [6.45, 7) is 0. The van der Waals surface area contributed by atoms with Gasteiger partial charge in [0.15, 0.2) is 0 Å². The van der Waals surface area contributed by atoms with Gasteiger partial charge in [-0.1, -0.05) is 85.0 Å². The van der Waals surface area contributed by atoms with Gasteiger partial charge < -0.3 is 0 Å². The summed E-state index contributed by atoms with van der Waals surface area (Å²) in [5.74, 6) is 0. The molecule has 1 aliphatic rings. The molecule has 23 heavy (non-hydrogen) atoms. The summed E-state index contributed by atoms with van der Waals surface area (Å²) in [4.78, 5) is 2.50. The summed E-state index contributed by atoms with van der Waals surface area (Å²) in [7, 11) is 2.25. The zero-order chi connectivity index (χ0) is 15.9. The highest BCUT2D eigenvalue weighted by molar-refractivity contribution is 5.51. The summed E-state index contributed by atoms with van der Waals surface area (Å²) in [6, 6.07) is 22.2. The van der Waals surface area contributed by atoms with E-state index in [4.69, 9.17) is 0 Å². The molecule has 0 saturated carbocycles. The van der Waals surface area contributed by atoms with Crippen LogP contribution in [0, 0.1) is 0 Å². The van der Waals surface area contributed by atoms with Crippen LogP contribution in [0.5, 0.6) is 0 Å². The van der Waals surface area contributed by atoms with E-state index in [9.17, 15) is 0 Å². The van der Waals surface area contributed by atoms with E-state index in [0.29, 0.717) is 12.1 Å². The number of hydrogen-bond acceptors (Lipinski definition) is 1. The fraction of sp³-hybridized carbons (Fsp3) is 0.273. The lowest BCUT2D eigenvalue weighted by atomic mass is 9.95. The van der Waals surface area contributed by atoms with Gasteiger partial charge in [0.25, 0.3) is 0 Å². The summed E-state index contributed by atoms with van der Waals surface area (Å²) >= 11 is 0. The van der Waals surface area contributed by atoms with E-state index < -0.39 is 0 Å². The van der Waals surface area contributed by atoms with Crippen molar-refractivity contribution in [3.63, 3.8) is 0 Å². The Balaban J connectivity index is 1.65. The monoisotopic (exact) mass is 303 g/mol. The molecule has 0 bridgehead atoms. The van der Waals surface area contributed by atoms with E-state index in [0.717, 1.165) is 0 Å². The Kier molecular flexibility index (Phi) is 5.44. The number of hydrogen-bond donors (Lipinski definition) is 0. The van der Waals surface area contributed by atoms with Crippen LogP contribution in [0.25, 0.3) is 12.2 Å². The van der Waals surface area contributed by atoms with Crippen LogP contribution >= 0.6 is 0 Å². The van der Waals surface area contributed by atoms with Gasteiger partial charge in [0.2, 0.25) is 0 Å². The van der Waals surface area contributed by atoms with E-state index >= 15 is 0 Å². The van der Waals surface area contributed by atoms with Gasteiger partial charge in [0.1, 0.15) is 0 Å². The van der Waals surface area contributed by atoms with Crippen LogP contribution in [0.15, 0.2) is 72.8 Å². The summed E-state index contributed by atoms with van der Waals surface area (Å²) in [5.41, 5.74) is 2.56. The molecule has 118 valence electrons. The molecule has 1 nitrogen and oxygen atoms in total. The van der Waals surface area contributed by atoms with Gasteiger partial charge in [0.05, 0.1) is 0 Å². The first-order chi connectivity index (χ1) is 11.3. The zero-order valence-corrected chi connectivity index (χ0v) is 13.8. The van der Waals surface area contributed by atoms with Gasteiger partial charge in [-0.25, -0.2) is 0 Å². The third-order valence-corrected chi connectivity index (χ3v) is 4.67. The molecule has 1 heterocycles. The molecular weight excluding hydrogens is 278 g/mol. The number of likely N-dealkylation sites (N-methyl/N-ethyl adjacent to an activating group) is 1. The Bertz CT molecular complexity index is 585. The zero-order valence-electron chi connectivity index (χ0n) is 13.8. The first-order valence-electron chi connectivity index (χ1n) is 8.51. The second-order valence-corrected chi connectivity index (χ2v) is 6.27. The largest absolute Gasteiger partial charge is 0.294 e. The number of piperidine rings is 1. The summed E-state index contributed by atoms with van der Waals surface area (Å²) in [6.07, 6.45) is 13.0. The maximum absolute atomic E-state index is 2.50. The molecule has 0 spiro atoms. The maximum atomic E-state index is 2.50. The molecule has 0 aromatic heterocycles. The van der Waals surface area contributed by atoms with Crippen LogP contribution < -0.4 is 0 Å². The van der Waals surface area contributed by atoms with Crippen LogP contribution in [0.1, 0.15) is 30.4 Å². The summed E-state index contributed by atoms with van der Waals surface area (Å²) < 4.78 is 0. The predicted molar refractivity (Wildman–Crippen MR) is 100 cm³/mol. The quantitative estimate of drug-likeness (QED) is 0.744. The van der Waals surface area contributed by atoms with E-state index in [-0.39, 0.29) is 0 Å². The average Bonchev–Trinajstić information content (AvgIpc) is 2.61. The van der Waals surface area contributed by atoms with Crippen molar-refractivity contribution in [2.24, 2.45) is 0 Å². The maximum Gasteiger partial charge on any atom is 0.0284 e. The van der Waals surface area contributed by atoms with Gasteiger partial charge in [-0.15, -0.1) is 0 Å². The third-order valence-electron chi connectivity index (χ3n) is 4.67. The standard InChI is InChI=1S/C22H25N/c1-23-21(17-15-19-9-4-2-5-10-19)13-8-14-22(23)18-16-20-11-6-3-7-12-20/h2-7,9-12,15-18,21-22H,8,13-14H2,1H3/b17-15+,18-16+. The Labute approximate surface area is 140 Å². The number of benzene rings is 2. The minimum Gasteiger partial charge on any atom is -0.294 e. The number of rotatable bonds is 4. The summed E-state index contributed by atoms with van der Waals surface area (Å²) in [5, 5.41) is 0. The first kappa shape index (κ1) is 15.8. The molecular formula is C22H25N. The van der Waals surface area contributed by atoms with Gasteiger partial charge in [-0.3, -0.25) is 4.90 Å². The molecule has 2 unspecified atom stereocenters. The Hall–Kier alpha value is -2.12. The van der Waals surface area contributed by atoms with Crippen molar-refractivity contribution in [2.75, 3.05) is 7.05 Å². The fourth-order valence-electron chi connectivity index (χ4n) is 3.23. The van der Waals surface area contributed by atoms with E-state index in [1.807, 2.05) is 0 Å². The van der Waals surface area contributed by atoms with Crippen LogP contribution in [-0.4, -0.2) is 24.0 Å². The van der Waals surface area contributed by atoms with Crippen molar-refractivity contribution in [1.29, 1.82) is 0 Å². The van der Waals surface area contributed by atoms with Gasteiger partial charge in [-0.2, -0.15) is 0 Å². The van der Waals surface area contributed by atoms with Crippen molar-refractivity contribution in [3.8, 4) is 0 Å². The molecule has 0 radical (unpaired) electrons. The SMILES string of the molecule is CN1C(/C=C/c2ccccc2)CCCC1/C=C/c1ccccc1. The van der Waals surface area contributed by atoms with Crippen LogP contribution in [0.3, 0.4) is 0 Å². The Morgan fingerprint density at radius 1 is 0.739 bits per heavy atom. The molecule has 1 heteroatoms. The molecule has 1 saturated heterocycles. The topological polar surface area (TPSA) is 3.24 Å². The Morgan fingerprint density at radius 2 is 1.17 bits per heavy atom.